The maximum Gasteiger partial charge on any atom is 0.228 e. The SMILES string of the molecule is Cc1nc(-c2ccccc2NC(=O)Cc2cccnc2)cs1. The molecule has 4 nitrogen and oxygen atoms in total. The quantitative estimate of drug-likeness (QED) is 0.799. The van der Waals surface area contributed by atoms with Gasteiger partial charge in [-0.1, -0.05) is 24.3 Å². The van der Waals surface area contributed by atoms with Gasteiger partial charge in [0.05, 0.1) is 22.8 Å². The first-order valence-corrected chi connectivity index (χ1v) is 7.80. The van der Waals surface area contributed by atoms with Crippen molar-refractivity contribution in [2.75, 3.05) is 5.32 Å². The van der Waals surface area contributed by atoms with E-state index in [1.807, 2.05) is 48.7 Å². The van der Waals surface area contributed by atoms with Gasteiger partial charge >= 0.3 is 0 Å². The zero-order valence-corrected chi connectivity index (χ0v) is 12.9. The molecule has 1 aromatic carbocycles. The van der Waals surface area contributed by atoms with Gasteiger partial charge in [-0.05, 0) is 24.6 Å². The van der Waals surface area contributed by atoms with Crippen molar-refractivity contribution in [2.45, 2.75) is 13.3 Å². The Bertz CT molecular complexity index is 783. The molecular formula is C17H15N3OS. The predicted octanol–water partition coefficient (Wildman–Crippen LogP) is 3.69. The van der Waals surface area contributed by atoms with Crippen LogP contribution >= 0.6 is 11.3 Å². The van der Waals surface area contributed by atoms with E-state index >= 15 is 0 Å². The third-order valence-electron chi connectivity index (χ3n) is 3.18. The van der Waals surface area contributed by atoms with Gasteiger partial charge in [0.2, 0.25) is 5.91 Å². The Kier molecular flexibility index (Phi) is 4.25. The fourth-order valence-electron chi connectivity index (χ4n) is 2.19. The Morgan fingerprint density at radius 3 is 2.82 bits per heavy atom. The van der Waals surface area contributed by atoms with Crippen LogP contribution in [-0.2, 0) is 11.2 Å². The standard InChI is InChI=1S/C17H15N3OS/c1-12-19-16(11-22-12)14-6-2-3-7-15(14)20-17(21)9-13-5-4-8-18-10-13/h2-8,10-11H,9H2,1H3,(H,20,21). The minimum absolute atomic E-state index is 0.0626. The van der Waals surface area contributed by atoms with E-state index in [9.17, 15) is 4.79 Å². The summed E-state index contributed by atoms with van der Waals surface area (Å²) >= 11 is 1.60. The summed E-state index contributed by atoms with van der Waals surface area (Å²) in [6, 6.07) is 11.4. The van der Waals surface area contributed by atoms with Crippen LogP contribution in [0, 0.1) is 6.92 Å². The number of carbonyl (C=O) groups excluding carboxylic acids is 1. The molecule has 22 heavy (non-hydrogen) atoms. The van der Waals surface area contributed by atoms with Crippen molar-refractivity contribution in [3.05, 3.63) is 64.7 Å². The van der Waals surface area contributed by atoms with E-state index in [1.165, 1.54) is 0 Å². The lowest BCUT2D eigenvalue weighted by Gasteiger charge is -2.09. The molecule has 0 aliphatic carbocycles. The molecule has 0 atom stereocenters. The molecule has 0 radical (unpaired) electrons. The summed E-state index contributed by atoms with van der Waals surface area (Å²) in [5.41, 5.74) is 3.50. The summed E-state index contributed by atoms with van der Waals surface area (Å²) in [4.78, 5) is 20.7. The summed E-state index contributed by atoms with van der Waals surface area (Å²) in [5, 5.41) is 5.97. The molecule has 0 spiro atoms. The molecule has 110 valence electrons. The number of benzene rings is 1. The summed E-state index contributed by atoms with van der Waals surface area (Å²) < 4.78 is 0. The van der Waals surface area contributed by atoms with Crippen LogP contribution in [0.2, 0.25) is 0 Å². The summed E-state index contributed by atoms with van der Waals surface area (Å²) in [6.45, 7) is 1.97. The first-order valence-electron chi connectivity index (χ1n) is 6.92. The van der Waals surface area contributed by atoms with Gasteiger partial charge < -0.3 is 5.32 Å². The van der Waals surface area contributed by atoms with Crippen LogP contribution < -0.4 is 5.32 Å². The number of aryl methyl sites for hydroxylation is 1. The molecule has 0 bridgehead atoms. The van der Waals surface area contributed by atoms with Crippen LogP contribution in [0.3, 0.4) is 0 Å². The van der Waals surface area contributed by atoms with Gasteiger partial charge in [-0.2, -0.15) is 0 Å². The molecule has 0 saturated heterocycles. The van der Waals surface area contributed by atoms with Gasteiger partial charge in [0, 0.05) is 23.3 Å². The fraction of sp³-hybridized carbons (Fsp3) is 0.118. The highest BCUT2D eigenvalue weighted by molar-refractivity contribution is 7.09. The number of nitrogens with zero attached hydrogens (tertiary/aromatic N) is 2. The normalized spacial score (nSPS) is 10.4. The summed E-state index contributed by atoms with van der Waals surface area (Å²) in [6.07, 6.45) is 3.70. The minimum atomic E-state index is -0.0626. The van der Waals surface area contributed by atoms with Crippen molar-refractivity contribution in [2.24, 2.45) is 0 Å². The molecule has 5 heteroatoms. The van der Waals surface area contributed by atoms with Crippen LogP contribution in [0.25, 0.3) is 11.3 Å². The molecule has 1 amide bonds. The van der Waals surface area contributed by atoms with Gasteiger partial charge in [0.15, 0.2) is 0 Å². The Morgan fingerprint density at radius 2 is 2.09 bits per heavy atom. The summed E-state index contributed by atoms with van der Waals surface area (Å²) in [5.74, 6) is -0.0626. The highest BCUT2D eigenvalue weighted by Crippen LogP contribution is 2.28. The first-order chi connectivity index (χ1) is 10.7. The molecular weight excluding hydrogens is 294 g/mol. The van der Waals surface area contributed by atoms with Crippen molar-refractivity contribution in [1.29, 1.82) is 0 Å². The molecule has 0 aliphatic rings. The van der Waals surface area contributed by atoms with E-state index in [0.29, 0.717) is 6.42 Å². The molecule has 2 heterocycles. The second-order valence-electron chi connectivity index (χ2n) is 4.88. The molecule has 0 unspecified atom stereocenters. The highest BCUT2D eigenvalue weighted by Gasteiger charge is 2.11. The predicted molar refractivity (Wildman–Crippen MR) is 88.9 cm³/mol. The van der Waals surface area contributed by atoms with E-state index in [-0.39, 0.29) is 5.91 Å². The monoisotopic (exact) mass is 309 g/mol. The van der Waals surface area contributed by atoms with E-state index < -0.39 is 0 Å². The lowest BCUT2D eigenvalue weighted by Crippen LogP contribution is -2.15. The van der Waals surface area contributed by atoms with Crippen LogP contribution in [0.5, 0.6) is 0 Å². The topological polar surface area (TPSA) is 54.9 Å². The van der Waals surface area contributed by atoms with Gasteiger partial charge in [0.1, 0.15) is 0 Å². The van der Waals surface area contributed by atoms with Gasteiger partial charge in [-0.25, -0.2) is 4.98 Å². The number of amides is 1. The molecule has 0 aliphatic heterocycles. The number of aromatic nitrogens is 2. The Balaban J connectivity index is 1.79. The molecule has 3 rings (SSSR count). The van der Waals surface area contributed by atoms with Crippen molar-refractivity contribution in [1.82, 2.24) is 9.97 Å². The van der Waals surface area contributed by atoms with Crippen molar-refractivity contribution < 1.29 is 4.79 Å². The largest absolute Gasteiger partial charge is 0.325 e. The van der Waals surface area contributed by atoms with E-state index in [4.69, 9.17) is 0 Å². The highest BCUT2D eigenvalue weighted by atomic mass is 32.1. The number of pyridine rings is 1. The number of rotatable bonds is 4. The minimum Gasteiger partial charge on any atom is -0.325 e. The fourth-order valence-corrected chi connectivity index (χ4v) is 2.80. The summed E-state index contributed by atoms with van der Waals surface area (Å²) in [7, 11) is 0. The smallest absolute Gasteiger partial charge is 0.228 e. The maximum atomic E-state index is 12.2. The van der Waals surface area contributed by atoms with Crippen molar-refractivity contribution in [3.63, 3.8) is 0 Å². The van der Waals surface area contributed by atoms with Gasteiger partial charge in [-0.15, -0.1) is 11.3 Å². The van der Waals surface area contributed by atoms with Crippen LogP contribution in [0.4, 0.5) is 5.69 Å². The van der Waals surface area contributed by atoms with E-state index in [0.717, 1.165) is 27.5 Å². The van der Waals surface area contributed by atoms with Crippen LogP contribution in [0.15, 0.2) is 54.2 Å². The van der Waals surface area contributed by atoms with Crippen LogP contribution in [0.1, 0.15) is 10.6 Å². The molecule has 1 N–H and O–H groups in total. The molecule has 0 fully saturated rings. The zero-order valence-electron chi connectivity index (χ0n) is 12.1. The Morgan fingerprint density at radius 1 is 1.23 bits per heavy atom. The van der Waals surface area contributed by atoms with E-state index in [2.05, 4.69) is 15.3 Å². The Hall–Kier alpha value is -2.53. The maximum absolute atomic E-state index is 12.2. The number of anilines is 1. The zero-order chi connectivity index (χ0) is 15.4. The molecule has 3 aromatic rings. The molecule has 2 aromatic heterocycles. The average Bonchev–Trinajstić information content (AvgIpc) is 2.95. The number of hydrogen-bond donors (Lipinski definition) is 1. The number of carbonyl (C=O) groups is 1. The number of nitrogens with one attached hydrogen (secondary N) is 1. The second kappa shape index (κ2) is 6.49. The van der Waals surface area contributed by atoms with E-state index in [1.54, 1.807) is 23.7 Å². The first kappa shape index (κ1) is 14.4. The third kappa shape index (κ3) is 3.38. The Labute approximate surface area is 132 Å². The number of thiazole rings is 1. The van der Waals surface area contributed by atoms with Crippen molar-refractivity contribution in [3.8, 4) is 11.3 Å². The van der Waals surface area contributed by atoms with Gasteiger partial charge in [-0.3, -0.25) is 9.78 Å². The van der Waals surface area contributed by atoms with Crippen LogP contribution in [-0.4, -0.2) is 15.9 Å². The number of para-hydroxylation sites is 1. The lowest BCUT2D eigenvalue weighted by atomic mass is 10.1. The van der Waals surface area contributed by atoms with Gasteiger partial charge in [0.25, 0.3) is 0 Å². The lowest BCUT2D eigenvalue weighted by molar-refractivity contribution is -0.115. The third-order valence-corrected chi connectivity index (χ3v) is 3.96. The number of hydrogen-bond acceptors (Lipinski definition) is 4. The van der Waals surface area contributed by atoms with Crippen molar-refractivity contribution >= 4 is 22.9 Å². The average molecular weight is 309 g/mol. The molecule has 0 saturated carbocycles. The second-order valence-corrected chi connectivity index (χ2v) is 5.95.